The highest BCUT2D eigenvalue weighted by atomic mass is 32.1. The molecule has 0 N–H and O–H groups in total. The van der Waals surface area contributed by atoms with E-state index in [9.17, 15) is 4.79 Å². The first-order valence-corrected chi connectivity index (χ1v) is 17.4. The van der Waals surface area contributed by atoms with Gasteiger partial charge in [-0.2, -0.15) is 5.10 Å². The molecule has 4 aromatic rings. The molecule has 0 radical (unpaired) electrons. The van der Waals surface area contributed by atoms with Gasteiger partial charge in [0.2, 0.25) is 0 Å². The summed E-state index contributed by atoms with van der Waals surface area (Å²) < 4.78 is 14.8. The average Bonchev–Trinajstić information content (AvgIpc) is 3.41. The highest BCUT2D eigenvalue weighted by molar-refractivity contribution is 7.17. The molecule has 4 aliphatic rings. The third-order valence-corrected chi connectivity index (χ3v) is 10.5. The molecule has 1 amide bonds. The summed E-state index contributed by atoms with van der Waals surface area (Å²) in [6.07, 6.45) is 13.4. The second kappa shape index (κ2) is 11.3. The summed E-state index contributed by atoms with van der Waals surface area (Å²) in [7, 11) is 0. The second-order valence-corrected chi connectivity index (χ2v) is 14.9. The lowest BCUT2D eigenvalue weighted by Crippen LogP contribution is -2.54. The number of aromatic nitrogens is 5. The fourth-order valence-electron chi connectivity index (χ4n) is 7.57. The number of hydrogen-bond acceptors (Lipinski definition) is 9. The van der Waals surface area contributed by atoms with Crippen LogP contribution in [0.4, 0.5) is 10.6 Å². The number of hydrogen-bond donors (Lipinski definition) is 0. The van der Waals surface area contributed by atoms with Crippen molar-refractivity contribution in [2.45, 2.75) is 115 Å². The van der Waals surface area contributed by atoms with Crippen LogP contribution in [-0.4, -0.2) is 72.3 Å². The van der Waals surface area contributed by atoms with Gasteiger partial charge >= 0.3 is 6.09 Å². The monoisotopic (exact) mass is 627 g/mol. The number of fused-ring (bicyclic) bond motifs is 3. The third kappa shape index (κ3) is 5.58. The molecule has 10 nitrogen and oxygen atoms in total. The second-order valence-electron chi connectivity index (χ2n) is 14.0. The Morgan fingerprint density at radius 3 is 2.47 bits per heavy atom. The fourth-order valence-corrected chi connectivity index (χ4v) is 8.41. The highest BCUT2D eigenvalue weighted by Gasteiger charge is 2.48. The Morgan fingerprint density at radius 1 is 0.978 bits per heavy atom. The fraction of sp³-hybridized carbons (Fsp3) is 0.559. The van der Waals surface area contributed by atoms with Crippen LogP contribution in [0.1, 0.15) is 84.8 Å². The molecule has 1 saturated carbocycles. The van der Waals surface area contributed by atoms with E-state index in [1.54, 1.807) is 11.3 Å². The van der Waals surface area contributed by atoms with Gasteiger partial charge in [0, 0.05) is 53.7 Å². The largest absolute Gasteiger partial charge is 0.444 e. The van der Waals surface area contributed by atoms with E-state index in [0.29, 0.717) is 12.1 Å². The summed E-state index contributed by atoms with van der Waals surface area (Å²) >= 11 is 1.63. The zero-order valence-corrected chi connectivity index (χ0v) is 27.1. The van der Waals surface area contributed by atoms with E-state index in [0.717, 1.165) is 90.0 Å². The molecular formula is C34H41N7O3S. The van der Waals surface area contributed by atoms with Crippen molar-refractivity contribution >= 4 is 33.5 Å². The molecule has 1 aromatic carbocycles. The van der Waals surface area contributed by atoms with Crippen LogP contribution in [-0.2, 0) is 9.47 Å². The van der Waals surface area contributed by atoms with Crippen LogP contribution >= 0.6 is 11.3 Å². The van der Waals surface area contributed by atoms with Crippen LogP contribution in [0.2, 0.25) is 0 Å². The first-order valence-electron chi connectivity index (χ1n) is 16.5. The van der Waals surface area contributed by atoms with Gasteiger partial charge < -0.3 is 19.3 Å². The molecule has 8 rings (SSSR count). The molecule has 6 heterocycles. The highest BCUT2D eigenvalue weighted by Crippen LogP contribution is 2.43. The Labute approximate surface area is 267 Å². The number of thiazole rings is 1. The van der Waals surface area contributed by atoms with E-state index in [1.165, 1.54) is 12.8 Å². The maximum Gasteiger partial charge on any atom is 0.410 e. The van der Waals surface area contributed by atoms with Crippen molar-refractivity contribution < 1.29 is 14.3 Å². The number of ether oxygens (including phenoxy) is 2. The summed E-state index contributed by atoms with van der Waals surface area (Å²) in [6.45, 7) is 6.60. The van der Waals surface area contributed by atoms with Crippen LogP contribution in [0.5, 0.6) is 0 Å². The quantitative estimate of drug-likeness (QED) is 0.221. The third-order valence-electron chi connectivity index (χ3n) is 9.68. The summed E-state index contributed by atoms with van der Waals surface area (Å²) in [5.41, 5.74) is 6.37. The number of piperidine rings is 1. The first-order chi connectivity index (χ1) is 21.8. The Balaban J connectivity index is 1.02. The van der Waals surface area contributed by atoms with E-state index >= 15 is 0 Å². The van der Waals surface area contributed by atoms with Gasteiger partial charge in [0.15, 0.2) is 5.82 Å². The van der Waals surface area contributed by atoms with Crippen molar-refractivity contribution in [3.63, 3.8) is 0 Å². The molecule has 3 aromatic heterocycles. The Kier molecular flexibility index (Phi) is 7.28. The van der Waals surface area contributed by atoms with E-state index < -0.39 is 5.60 Å². The normalized spacial score (nSPS) is 25.1. The maximum atomic E-state index is 13.0. The molecule has 45 heavy (non-hydrogen) atoms. The van der Waals surface area contributed by atoms with Gasteiger partial charge in [-0.3, -0.25) is 0 Å². The van der Waals surface area contributed by atoms with Crippen LogP contribution in [0.3, 0.4) is 0 Å². The maximum absolute atomic E-state index is 13.0. The number of amides is 1. The Hall–Kier alpha value is -3.57. The SMILES string of the molecule is CC(C)(C)OC(=O)N1C2CCC1CC(N(c1ccc(-c3ccc(-c4cnn(C5CCCCO5)c4)c4ncsc34)nn1)C1CC1)C2. The van der Waals surface area contributed by atoms with E-state index in [-0.39, 0.29) is 24.4 Å². The predicted octanol–water partition coefficient (Wildman–Crippen LogP) is 7.22. The van der Waals surface area contributed by atoms with Crippen molar-refractivity contribution in [1.82, 2.24) is 29.9 Å². The van der Waals surface area contributed by atoms with Crippen molar-refractivity contribution in [3.8, 4) is 22.4 Å². The summed E-state index contributed by atoms with van der Waals surface area (Å²) in [5, 5.41) is 14.2. The predicted molar refractivity (Wildman–Crippen MR) is 174 cm³/mol. The summed E-state index contributed by atoms with van der Waals surface area (Å²) in [5.74, 6) is 0.936. The van der Waals surface area contributed by atoms with Gasteiger partial charge in [-0.15, -0.1) is 21.5 Å². The molecular weight excluding hydrogens is 586 g/mol. The van der Waals surface area contributed by atoms with Gasteiger partial charge in [0.1, 0.15) is 11.8 Å². The number of nitrogens with zero attached hydrogens (tertiary/aromatic N) is 7. The lowest BCUT2D eigenvalue weighted by molar-refractivity contribution is -0.0394. The first kappa shape index (κ1) is 28.9. The molecule has 0 spiro atoms. The molecule has 3 atom stereocenters. The van der Waals surface area contributed by atoms with Crippen molar-refractivity contribution in [3.05, 3.63) is 42.2 Å². The van der Waals surface area contributed by atoms with Gasteiger partial charge in [0.25, 0.3) is 0 Å². The van der Waals surface area contributed by atoms with Crippen molar-refractivity contribution in [2.24, 2.45) is 0 Å². The van der Waals surface area contributed by atoms with Gasteiger partial charge in [-0.05, 0) is 90.7 Å². The van der Waals surface area contributed by atoms with E-state index in [4.69, 9.17) is 24.7 Å². The number of benzene rings is 1. The van der Waals surface area contributed by atoms with Gasteiger partial charge in [-0.1, -0.05) is 12.1 Å². The van der Waals surface area contributed by atoms with Crippen LogP contribution in [0, 0.1) is 0 Å². The van der Waals surface area contributed by atoms with Crippen molar-refractivity contribution in [1.29, 1.82) is 0 Å². The summed E-state index contributed by atoms with van der Waals surface area (Å²) in [6, 6.07) is 9.79. The number of anilines is 1. The average molecular weight is 628 g/mol. The van der Waals surface area contributed by atoms with Gasteiger partial charge in [-0.25, -0.2) is 14.5 Å². The molecule has 3 unspecified atom stereocenters. The lowest BCUT2D eigenvalue weighted by atomic mass is 9.96. The van der Waals surface area contributed by atoms with E-state index in [1.807, 2.05) is 42.1 Å². The molecule has 11 heteroatoms. The standard InChI is InChI=1S/C34H41N7O3S/c1-34(2,3)44-33(42)41-23-9-10-24(41)17-25(16-23)40(22-7-8-22)29-14-13-28(37-38-29)27-12-11-26(31-32(27)45-20-35-31)21-18-36-39(19-21)30-6-4-5-15-43-30/h11-14,18-20,22-25,30H,4-10,15-17H2,1-3H3. The van der Waals surface area contributed by atoms with Crippen LogP contribution < -0.4 is 4.90 Å². The lowest BCUT2D eigenvalue weighted by Gasteiger charge is -2.44. The minimum atomic E-state index is -0.483. The molecule has 1 aliphatic carbocycles. The number of carbonyl (C=O) groups is 1. The Bertz CT molecular complexity index is 1670. The molecule has 2 bridgehead atoms. The topological polar surface area (TPSA) is 98.5 Å². The molecule has 4 fully saturated rings. The number of carbonyl (C=O) groups excluding carboxylic acids is 1. The smallest absolute Gasteiger partial charge is 0.410 e. The molecule has 3 aliphatic heterocycles. The minimum Gasteiger partial charge on any atom is -0.444 e. The van der Waals surface area contributed by atoms with E-state index in [2.05, 4.69) is 40.5 Å². The zero-order valence-electron chi connectivity index (χ0n) is 26.3. The molecule has 3 saturated heterocycles. The van der Waals surface area contributed by atoms with Crippen LogP contribution in [0.25, 0.3) is 32.6 Å². The van der Waals surface area contributed by atoms with Gasteiger partial charge in [0.05, 0.1) is 27.6 Å². The summed E-state index contributed by atoms with van der Waals surface area (Å²) in [4.78, 5) is 22.3. The zero-order chi connectivity index (χ0) is 30.7. The van der Waals surface area contributed by atoms with Crippen LogP contribution in [0.15, 0.2) is 42.2 Å². The molecule has 236 valence electrons. The Morgan fingerprint density at radius 2 is 1.78 bits per heavy atom. The minimum absolute atomic E-state index is 0.00868. The van der Waals surface area contributed by atoms with Crippen molar-refractivity contribution in [2.75, 3.05) is 11.5 Å². The number of rotatable bonds is 6.